The van der Waals surface area contributed by atoms with Crippen LogP contribution in [0.4, 0.5) is 0 Å². The molecule has 4 nitrogen and oxygen atoms in total. The fourth-order valence-corrected chi connectivity index (χ4v) is 1.96. The smallest absolute Gasteiger partial charge is 0.338 e. The van der Waals surface area contributed by atoms with Gasteiger partial charge in [-0.3, -0.25) is 0 Å². The number of benzene rings is 1. The van der Waals surface area contributed by atoms with Crippen molar-refractivity contribution in [1.29, 1.82) is 0 Å². The Morgan fingerprint density at radius 2 is 1.78 bits per heavy atom. The molecule has 0 aliphatic carbocycles. The van der Waals surface area contributed by atoms with Crippen molar-refractivity contribution >= 4 is 40.8 Å². The molecule has 2 unspecified atom stereocenters. The minimum Gasteiger partial charge on any atom is -0.464 e. The summed E-state index contributed by atoms with van der Waals surface area (Å²) in [5.74, 6) is -0.938. The predicted molar refractivity (Wildman–Crippen MR) is 69.1 cm³/mol. The van der Waals surface area contributed by atoms with Gasteiger partial charge < -0.3 is 14.9 Å². The Balaban J connectivity index is 3.00. The van der Waals surface area contributed by atoms with E-state index in [2.05, 4.69) is 4.74 Å². The fourth-order valence-electron chi connectivity index (χ4n) is 1.29. The Morgan fingerprint density at radius 3 is 2.33 bits per heavy atom. The van der Waals surface area contributed by atoms with Crippen LogP contribution in [0, 0.1) is 0 Å². The molecule has 100 valence electrons. The molecular formula is C11H11Cl3O4. The van der Waals surface area contributed by atoms with E-state index in [1.807, 2.05) is 0 Å². The van der Waals surface area contributed by atoms with Crippen molar-refractivity contribution in [2.45, 2.75) is 19.1 Å². The van der Waals surface area contributed by atoms with Gasteiger partial charge in [0.25, 0.3) is 0 Å². The molecule has 0 heterocycles. The summed E-state index contributed by atoms with van der Waals surface area (Å²) >= 11 is 17.4. The second kappa shape index (κ2) is 6.59. The number of esters is 1. The van der Waals surface area contributed by atoms with Gasteiger partial charge in [0.1, 0.15) is 6.10 Å². The lowest BCUT2D eigenvalue weighted by Gasteiger charge is -2.18. The normalized spacial score (nSPS) is 14.1. The quantitative estimate of drug-likeness (QED) is 0.662. The van der Waals surface area contributed by atoms with E-state index in [9.17, 15) is 15.0 Å². The van der Waals surface area contributed by atoms with Crippen molar-refractivity contribution in [2.24, 2.45) is 0 Å². The molecule has 0 aliphatic rings. The first kappa shape index (κ1) is 15.5. The molecule has 0 amide bonds. The third-order valence-electron chi connectivity index (χ3n) is 2.19. The second-order valence-electron chi connectivity index (χ2n) is 3.43. The maximum absolute atomic E-state index is 11.3. The summed E-state index contributed by atoms with van der Waals surface area (Å²) in [5, 5.41) is 19.9. The van der Waals surface area contributed by atoms with Crippen LogP contribution in [0.2, 0.25) is 15.1 Å². The maximum Gasteiger partial charge on any atom is 0.338 e. The third kappa shape index (κ3) is 3.49. The van der Waals surface area contributed by atoms with Gasteiger partial charge in [0, 0.05) is 10.6 Å². The van der Waals surface area contributed by atoms with Crippen molar-refractivity contribution in [1.82, 2.24) is 0 Å². The predicted octanol–water partition coefficient (Wildman–Crippen LogP) is 2.60. The van der Waals surface area contributed by atoms with Crippen molar-refractivity contribution in [3.05, 3.63) is 32.8 Å². The molecule has 18 heavy (non-hydrogen) atoms. The van der Waals surface area contributed by atoms with Crippen LogP contribution in [-0.4, -0.2) is 28.9 Å². The molecule has 1 aromatic rings. The average Bonchev–Trinajstić information content (AvgIpc) is 2.32. The summed E-state index contributed by atoms with van der Waals surface area (Å²) in [6, 6.07) is 2.61. The van der Waals surface area contributed by atoms with Gasteiger partial charge in [-0.15, -0.1) is 0 Å². The number of aliphatic hydroxyl groups is 2. The topological polar surface area (TPSA) is 66.8 Å². The molecule has 1 aromatic carbocycles. The van der Waals surface area contributed by atoms with Gasteiger partial charge in [0.2, 0.25) is 0 Å². The SMILES string of the molecule is CCOC(=O)C(O)C(O)c1cc(Cl)c(Cl)cc1Cl. The number of carbonyl (C=O) groups is 1. The van der Waals surface area contributed by atoms with Crippen LogP contribution in [0.15, 0.2) is 12.1 Å². The van der Waals surface area contributed by atoms with Crippen molar-refractivity contribution in [3.8, 4) is 0 Å². The first-order valence-corrected chi connectivity index (χ1v) is 6.19. The van der Waals surface area contributed by atoms with Crippen LogP contribution >= 0.6 is 34.8 Å². The standard InChI is InChI=1S/C11H11Cl3O4/c1-2-18-11(17)10(16)9(15)5-3-7(13)8(14)4-6(5)12/h3-4,9-10,15-16H,2H2,1H3. The Morgan fingerprint density at radius 1 is 1.22 bits per heavy atom. The Hall–Kier alpha value is -0.520. The van der Waals surface area contributed by atoms with Gasteiger partial charge >= 0.3 is 5.97 Å². The number of ether oxygens (including phenoxy) is 1. The van der Waals surface area contributed by atoms with Gasteiger partial charge in [-0.1, -0.05) is 34.8 Å². The highest BCUT2D eigenvalue weighted by molar-refractivity contribution is 6.43. The van der Waals surface area contributed by atoms with Crippen LogP contribution in [0.25, 0.3) is 0 Å². The monoisotopic (exact) mass is 312 g/mol. The summed E-state index contributed by atoms with van der Waals surface area (Å²) in [7, 11) is 0. The fraction of sp³-hybridized carbons (Fsp3) is 0.364. The van der Waals surface area contributed by atoms with E-state index in [1.165, 1.54) is 12.1 Å². The zero-order chi connectivity index (χ0) is 13.9. The zero-order valence-electron chi connectivity index (χ0n) is 9.36. The van der Waals surface area contributed by atoms with E-state index in [1.54, 1.807) is 6.92 Å². The average molecular weight is 314 g/mol. The summed E-state index contributed by atoms with van der Waals surface area (Å²) in [6.45, 7) is 1.68. The first-order chi connectivity index (χ1) is 8.38. The molecule has 2 N–H and O–H groups in total. The Kier molecular flexibility index (Phi) is 5.69. The van der Waals surface area contributed by atoms with Crippen LogP contribution < -0.4 is 0 Å². The lowest BCUT2D eigenvalue weighted by atomic mass is 10.0. The minimum atomic E-state index is -1.74. The number of hydrogen-bond acceptors (Lipinski definition) is 4. The second-order valence-corrected chi connectivity index (χ2v) is 4.65. The molecule has 0 aromatic heterocycles. The lowest BCUT2D eigenvalue weighted by molar-refractivity contribution is -0.159. The summed E-state index contributed by atoms with van der Waals surface area (Å²) in [4.78, 5) is 11.3. The van der Waals surface area contributed by atoms with Crippen LogP contribution in [0.1, 0.15) is 18.6 Å². The van der Waals surface area contributed by atoms with Gasteiger partial charge in [-0.2, -0.15) is 0 Å². The number of rotatable bonds is 4. The molecule has 0 bridgehead atoms. The molecule has 7 heteroatoms. The number of aliphatic hydroxyl groups excluding tert-OH is 2. The minimum absolute atomic E-state index is 0.0950. The summed E-state index contributed by atoms with van der Waals surface area (Å²) in [6.07, 6.45) is -3.27. The van der Waals surface area contributed by atoms with Crippen molar-refractivity contribution in [2.75, 3.05) is 6.61 Å². The third-order valence-corrected chi connectivity index (χ3v) is 3.23. The van der Waals surface area contributed by atoms with E-state index >= 15 is 0 Å². The number of halogens is 3. The molecule has 0 radical (unpaired) electrons. The highest BCUT2D eigenvalue weighted by Gasteiger charge is 2.29. The largest absolute Gasteiger partial charge is 0.464 e. The zero-order valence-corrected chi connectivity index (χ0v) is 11.6. The van der Waals surface area contributed by atoms with E-state index in [4.69, 9.17) is 34.8 Å². The molecule has 0 saturated heterocycles. The molecule has 2 atom stereocenters. The molecule has 1 rings (SSSR count). The van der Waals surface area contributed by atoms with Crippen LogP contribution in [0.3, 0.4) is 0 Å². The molecule has 0 aliphatic heterocycles. The summed E-state index contributed by atoms with van der Waals surface area (Å²) in [5.41, 5.74) is 0.103. The molecular weight excluding hydrogens is 302 g/mol. The van der Waals surface area contributed by atoms with Gasteiger partial charge in [-0.25, -0.2) is 4.79 Å². The Labute approximate surface area is 119 Å². The summed E-state index contributed by atoms with van der Waals surface area (Å²) < 4.78 is 4.59. The highest BCUT2D eigenvalue weighted by Crippen LogP contribution is 2.33. The van der Waals surface area contributed by atoms with Crippen molar-refractivity contribution < 1.29 is 19.7 Å². The highest BCUT2D eigenvalue weighted by atomic mass is 35.5. The lowest BCUT2D eigenvalue weighted by Crippen LogP contribution is -2.30. The van der Waals surface area contributed by atoms with E-state index in [-0.39, 0.29) is 27.2 Å². The number of hydrogen-bond donors (Lipinski definition) is 2. The van der Waals surface area contributed by atoms with Gasteiger partial charge in [-0.05, 0) is 19.1 Å². The number of carbonyl (C=O) groups excluding carboxylic acids is 1. The van der Waals surface area contributed by atoms with Gasteiger partial charge in [0.15, 0.2) is 6.10 Å². The van der Waals surface area contributed by atoms with E-state index < -0.39 is 18.2 Å². The van der Waals surface area contributed by atoms with Crippen molar-refractivity contribution in [3.63, 3.8) is 0 Å². The van der Waals surface area contributed by atoms with E-state index in [0.29, 0.717) is 0 Å². The van der Waals surface area contributed by atoms with Crippen LogP contribution in [0.5, 0.6) is 0 Å². The molecule has 0 spiro atoms. The first-order valence-electron chi connectivity index (χ1n) is 5.05. The molecule has 0 saturated carbocycles. The maximum atomic E-state index is 11.3. The Bertz CT molecular complexity index is 450. The van der Waals surface area contributed by atoms with Crippen LogP contribution in [-0.2, 0) is 9.53 Å². The van der Waals surface area contributed by atoms with E-state index in [0.717, 1.165) is 0 Å². The van der Waals surface area contributed by atoms with Gasteiger partial charge in [0.05, 0.1) is 16.7 Å². The molecule has 0 fully saturated rings.